The van der Waals surface area contributed by atoms with Crippen LogP contribution in [0, 0.1) is 5.82 Å². The summed E-state index contributed by atoms with van der Waals surface area (Å²) in [7, 11) is -3.83. The van der Waals surface area contributed by atoms with E-state index in [4.69, 9.17) is 5.73 Å². The van der Waals surface area contributed by atoms with E-state index in [1.807, 2.05) is 0 Å². The first-order valence-electron chi connectivity index (χ1n) is 5.37. The Bertz CT molecular complexity index is 500. The molecule has 0 aliphatic heterocycles. The van der Waals surface area contributed by atoms with Gasteiger partial charge in [-0.2, -0.15) is 4.31 Å². The number of nitrogens with two attached hydrogens (primary N) is 1. The second kappa shape index (κ2) is 5.01. The van der Waals surface area contributed by atoms with Gasteiger partial charge in [0, 0.05) is 18.3 Å². The Kier molecular flexibility index (Phi) is 4.11. The highest BCUT2D eigenvalue weighted by Crippen LogP contribution is 2.23. The van der Waals surface area contributed by atoms with Crippen molar-refractivity contribution in [3.63, 3.8) is 0 Å². The van der Waals surface area contributed by atoms with Crippen LogP contribution in [0.2, 0.25) is 0 Å². The molecular weight excluding hydrogens is 243 g/mol. The van der Waals surface area contributed by atoms with Crippen LogP contribution < -0.4 is 5.73 Å². The average Bonchev–Trinajstić information content (AvgIpc) is 2.21. The van der Waals surface area contributed by atoms with Crippen molar-refractivity contribution in [2.24, 2.45) is 0 Å². The molecule has 1 rings (SSSR count). The molecule has 0 atom stereocenters. The van der Waals surface area contributed by atoms with E-state index in [0.29, 0.717) is 0 Å². The monoisotopic (exact) mass is 260 g/mol. The van der Waals surface area contributed by atoms with Crippen molar-refractivity contribution in [2.45, 2.75) is 31.7 Å². The van der Waals surface area contributed by atoms with E-state index in [2.05, 4.69) is 0 Å². The number of hydrogen-bond acceptors (Lipinski definition) is 3. The predicted molar refractivity (Wildman–Crippen MR) is 65.5 cm³/mol. The van der Waals surface area contributed by atoms with Crippen LogP contribution in [-0.4, -0.2) is 25.3 Å². The first-order valence-corrected chi connectivity index (χ1v) is 6.81. The van der Waals surface area contributed by atoms with Crippen LogP contribution in [0.3, 0.4) is 0 Å². The molecule has 0 unspecified atom stereocenters. The molecule has 1 aromatic rings. The first kappa shape index (κ1) is 13.9. The van der Waals surface area contributed by atoms with E-state index in [1.165, 1.54) is 10.4 Å². The normalized spacial score (nSPS) is 12.4. The molecule has 0 saturated carbocycles. The summed E-state index contributed by atoms with van der Waals surface area (Å²) in [5.41, 5.74) is 5.72. The molecule has 0 fully saturated rings. The van der Waals surface area contributed by atoms with E-state index >= 15 is 0 Å². The van der Waals surface area contributed by atoms with Gasteiger partial charge in [-0.1, -0.05) is 6.92 Å². The largest absolute Gasteiger partial charge is 0.399 e. The lowest BCUT2D eigenvalue weighted by Gasteiger charge is -2.24. The van der Waals surface area contributed by atoms with E-state index in [1.54, 1.807) is 20.8 Å². The Morgan fingerprint density at radius 1 is 1.41 bits per heavy atom. The van der Waals surface area contributed by atoms with Crippen LogP contribution in [0.15, 0.2) is 23.1 Å². The van der Waals surface area contributed by atoms with Gasteiger partial charge in [0.1, 0.15) is 10.7 Å². The van der Waals surface area contributed by atoms with Gasteiger partial charge >= 0.3 is 0 Å². The molecule has 2 N–H and O–H groups in total. The summed E-state index contributed by atoms with van der Waals surface area (Å²) in [5.74, 6) is -0.779. The van der Waals surface area contributed by atoms with Gasteiger partial charge in [-0.25, -0.2) is 12.8 Å². The third-order valence-corrected chi connectivity index (χ3v) is 4.60. The summed E-state index contributed by atoms with van der Waals surface area (Å²) >= 11 is 0. The van der Waals surface area contributed by atoms with Crippen LogP contribution in [0.5, 0.6) is 0 Å². The Labute approximate surface area is 101 Å². The van der Waals surface area contributed by atoms with Gasteiger partial charge in [0.25, 0.3) is 0 Å². The number of nitrogen functional groups attached to an aromatic ring is 1. The molecule has 0 bridgehead atoms. The second-order valence-corrected chi connectivity index (χ2v) is 5.85. The molecule has 0 amide bonds. The lowest BCUT2D eigenvalue weighted by molar-refractivity contribution is 0.367. The molecule has 0 aliphatic rings. The van der Waals surface area contributed by atoms with Crippen LogP contribution in [0.4, 0.5) is 10.1 Å². The van der Waals surface area contributed by atoms with E-state index in [9.17, 15) is 12.8 Å². The minimum Gasteiger partial charge on any atom is -0.399 e. The van der Waals surface area contributed by atoms with Gasteiger partial charge in [0.2, 0.25) is 10.0 Å². The summed E-state index contributed by atoms with van der Waals surface area (Å²) < 4.78 is 39.2. The highest BCUT2D eigenvalue weighted by molar-refractivity contribution is 7.89. The number of rotatable bonds is 4. The average molecular weight is 260 g/mol. The zero-order valence-electron chi connectivity index (χ0n) is 10.1. The molecule has 0 saturated heterocycles. The van der Waals surface area contributed by atoms with Crippen LogP contribution in [0.25, 0.3) is 0 Å². The van der Waals surface area contributed by atoms with E-state index in [0.717, 1.165) is 12.1 Å². The second-order valence-electron chi connectivity index (χ2n) is 3.99. The van der Waals surface area contributed by atoms with Crippen molar-refractivity contribution >= 4 is 15.7 Å². The van der Waals surface area contributed by atoms with Gasteiger partial charge in [-0.3, -0.25) is 0 Å². The number of hydrogen-bond donors (Lipinski definition) is 1. The Morgan fingerprint density at radius 3 is 2.47 bits per heavy atom. The number of halogens is 1. The van der Waals surface area contributed by atoms with Crippen LogP contribution in [-0.2, 0) is 10.0 Å². The van der Waals surface area contributed by atoms with Crippen LogP contribution in [0.1, 0.15) is 20.8 Å². The molecule has 0 aliphatic carbocycles. The Morgan fingerprint density at radius 2 is 2.00 bits per heavy atom. The highest BCUT2D eigenvalue weighted by Gasteiger charge is 2.28. The van der Waals surface area contributed by atoms with Crippen molar-refractivity contribution in [3.05, 3.63) is 24.0 Å². The van der Waals surface area contributed by atoms with Gasteiger partial charge in [-0.05, 0) is 32.0 Å². The van der Waals surface area contributed by atoms with Gasteiger partial charge in [0.15, 0.2) is 0 Å². The quantitative estimate of drug-likeness (QED) is 0.840. The topological polar surface area (TPSA) is 63.4 Å². The maximum atomic E-state index is 13.6. The fourth-order valence-corrected chi connectivity index (χ4v) is 3.40. The van der Waals surface area contributed by atoms with Crippen molar-refractivity contribution < 1.29 is 12.8 Å². The molecule has 0 radical (unpaired) electrons. The first-order chi connectivity index (χ1) is 7.80. The number of sulfonamides is 1. The lowest BCUT2D eigenvalue weighted by atomic mass is 10.3. The molecule has 17 heavy (non-hydrogen) atoms. The van der Waals surface area contributed by atoms with E-state index < -0.39 is 15.8 Å². The number of nitrogens with zero attached hydrogens (tertiary/aromatic N) is 1. The Hall–Kier alpha value is -1.14. The number of benzene rings is 1. The third kappa shape index (κ3) is 2.76. The van der Waals surface area contributed by atoms with E-state index in [-0.39, 0.29) is 23.2 Å². The molecule has 1 aromatic carbocycles. The SMILES string of the molecule is CCN(C(C)C)S(=O)(=O)c1cc(N)ccc1F. The standard InChI is InChI=1S/C11H17FN2O2S/c1-4-14(8(2)3)17(15,16)11-7-9(13)5-6-10(11)12/h5-8H,4,13H2,1-3H3. The molecule has 96 valence electrons. The van der Waals surface area contributed by atoms with Gasteiger partial charge in [-0.15, -0.1) is 0 Å². The predicted octanol–water partition coefficient (Wildman–Crippen LogP) is 1.83. The minimum absolute atomic E-state index is 0.227. The lowest BCUT2D eigenvalue weighted by Crippen LogP contribution is -2.37. The van der Waals surface area contributed by atoms with Gasteiger partial charge in [0.05, 0.1) is 0 Å². The Balaban J connectivity index is 3.35. The summed E-state index contributed by atoms with van der Waals surface area (Å²) in [6.07, 6.45) is 0. The number of anilines is 1. The molecule has 6 heteroatoms. The molecular formula is C11H17FN2O2S. The van der Waals surface area contributed by atoms with Crippen molar-refractivity contribution in [1.82, 2.24) is 4.31 Å². The third-order valence-electron chi connectivity index (χ3n) is 2.43. The fourth-order valence-electron chi connectivity index (χ4n) is 1.66. The van der Waals surface area contributed by atoms with Crippen molar-refractivity contribution in [3.8, 4) is 0 Å². The maximum absolute atomic E-state index is 13.6. The summed E-state index contributed by atoms with van der Waals surface area (Å²) in [6.45, 7) is 5.48. The zero-order valence-corrected chi connectivity index (χ0v) is 11.0. The zero-order chi connectivity index (χ0) is 13.2. The molecule has 0 spiro atoms. The smallest absolute Gasteiger partial charge is 0.246 e. The van der Waals surface area contributed by atoms with Crippen molar-refractivity contribution in [2.75, 3.05) is 12.3 Å². The molecule has 0 heterocycles. The minimum atomic E-state index is -3.83. The summed E-state index contributed by atoms with van der Waals surface area (Å²) in [6, 6.07) is 3.32. The van der Waals surface area contributed by atoms with Crippen LogP contribution >= 0.6 is 0 Å². The fraction of sp³-hybridized carbons (Fsp3) is 0.455. The van der Waals surface area contributed by atoms with Gasteiger partial charge < -0.3 is 5.73 Å². The van der Waals surface area contributed by atoms with Crippen molar-refractivity contribution in [1.29, 1.82) is 0 Å². The molecule has 0 aromatic heterocycles. The summed E-state index contributed by atoms with van der Waals surface area (Å²) in [5, 5.41) is 0. The molecule has 4 nitrogen and oxygen atoms in total. The highest BCUT2D eigenvalue weighted by atomic mass is 32.2. The summed E-state index contributed by atoms with van der Waals surface area (Å²) in [4.78, 5) is -0.368. The maximum Gasteiger partial charge on any atom is 0.246 e.